The number of aryl methyl sites for hydroxylation is 1. The van der Waals surface area contributed by atoms with Crippen LogP contribution in [0.2, 0.25) is 0 Å². The van der Waals surface area contributed by atoms with E-state index in [0.29, 0.717) is 0 Å². The van der Waals surface area contributed by atoms with Crippen LogP contribution in [0.5, 0.6) is 0 Å². The number of nitrogens with zero attached hydrogens (tertiary/aromatic N) is 1. The molecule has 0 atom stereocenters. The van der Waals surface area contributed by atoms with Gasteiger partial charge in [0.25, 0.3) is 10.1 Å². The molecule has 4 nitrogen and oxygen atoms in total. The maximum absolute atomic E-state index is 11.3. The molecule has 2 aromatic carbocycles. The number of fused-ring (bicyclic) bond motifs is 1. The molecule has 0 saturated heterocycles. The Hall–Kier alpha value is -2.11. The van der Waals surface area contributed by atoms with E-state index in [1.165, 1.54) is 12.1 Å². The first-order valence-corrected chi connectivity index (χ1v) is 8.11. The number of hydrogen-bond acceptors (Lipinski definition) is 2. The lowest BCUT2D eigenvalue weighted by Gasteiger charge is -2.08. The van der Waals surface area contributed by atoms with Gasteiger partial charge in [-0.25, -0.2) is 0 Å². The Morgan fingerprint density at radius 1 is 1.05 bits per heavy atom. The Bertz CT molecular complexity index is 896. The first kappa shape index (κ1) is 13.9. The molecule has 0 aliphatic rings. The first-order chi connectivity index (χ1) is 10.0. The second kappa shape index (κ2) is 5.02. The maximum Gasteiger partial charge on any atom is 0.294 e. The topological polar surface area (TPSA) is 59.3 Å². The zero-order chi connectivity index (χ0) is 15.0. The standard InChI is InChI=1S/C16H15NO3S/c1-2-17-15-9-8-14(21(18,19)20)10-13(15)11-16(17)12-6-4-3-5-7-12/h3-11H,2H2,1H3,(H,18,19,20). The zero-order valence-corrected chi connectivity index (χ0v) is 12.3. The molecule has 0 amide bonds. The van der Waals surface area contributed by atoms with E-state index in [1.54, 1.807) is 6.07 Å². The van der Waals surface area contributed by atoms with Gasteiger partial charge in [0.15, 0.2) is 0 Å². The van der Waals surface area contributed by atoms with Gasteiger partial charge in [-0.05, 0) is 36.8 Å². The fourth-order valence-electron chi connectivity index (χ4n) is 2.60. The largest absolute Gasteiger partial charge is 0.341 e. The number of aromatic nitrogens is 1. The molecule has 21 heavy (non-hydrogen) atoms. The summed E-state index contributed by atoms with van der Waals surface area (Å²) in [5.74, 6) is 0. The van der Waals surface area contributed by atoms with Crippen molar-refractivity contribution in [2.45, 2.75) is 18.4 Å². The van der Waals surface area contributed by atoms with Gasteiger partial charge < -0.3 is 4.57 Å². The number of rotatable bonds is 3. The van der Waals surface area contributed by atoms with E-state index in [1.807, 2.05) is 43.3 Å². The quantitative estimate of drug-likeness (QED) is 0.752. The molecule has 0 aliphatic heterocycles. The Morgan fingerprint density at radius 3 is 2.38 bits per heavy atom. The molecular weight excluding hydrogens is 286 g/mol. The first-order valence-electron chi connectivity index (χ1n) is 6.67. The summed E-state index contributed by atoms with van der Waals surface area (Å²) in [7, 11) is -4.18. The highest BCUT2D eigenvalue weighted by atomic mass is 32.2. The van der Waals surface area contributed by atoms with E-state index in [4.69, 9.17) is 4.55 Å². The monoisotopic (exact) mass is 301 g/mol. The third-order valence-corrected chi connectivity index (χ3v) is 4.41. The zero-order valence-electron chi connectivity index (χ0n) is 11.5. The van der Waals surface area contributed by atoms with E-state index in [2.05, 4.69) is 4.57 Å². The summed E-state index contributed by atoms with van der Waals surface area (Å²) in [6.45, 7) is 2.82. The Labute approximate surface area is 123 Å². The van der Waals surface area contributed by atoms with Crippen LogP contribution in [0.4, 0.5) is 0 Å². The molecule has 0 aliphatic carbocycles. The normalized spacial score (nSPS) is 11.9. The average molecular weight is 301 g/mol. The van der Waals surface area contributed by atoms with Gasteiger partial charge in [0.2, 0.25) is 0 Å². The van der Waals surface area contributed by atoms with Crippen molar-refractivity contribution in [3.05, 3.63) is 54.6 Å². The molecule has 1 heterocycles. The molecule has 1 N–H and O–H groups in total. The summed E-state index contributed by atoms with van der Waals surface area (Å²) in [4.78, 5) is -0.0807. The smallest absolute Gasteiger partial charge is 0.294 e. The van der Waals surface area contributed by atoms with Crippen LogP contribution >= 0.6 is 0 Å². The molecule has 3 aromatic rings. The molecule has 3 rings (SSSR count). The summed E-state index contributed by atoms with van der Waals surface area (Å²) in [5.41, 5.74) is 3.05. The van der Waals surface area contributed by atoms with Crippen LogP contribution in [-0.4, -0.2) is 17.5 Å². The predicted molar refractivity (Wildman–Crippen MR) is 82.9 cm³/mol. The lowest BCUT2D eigenvalue weighted by atomic mass is 10.1. The molecule has 0 spiro atoms. The predicted octanol–water partition coefficient (Wildman–Crippen LogP) is 3.57. The van der Waals surface area contributed by atoms with E-state index in [9.17, 15) is 8.42 Å². The lowest BCUT2D eigenvalue weighted by molar-refractivity contribution is 0.483. The van der Waals surface area contributed by atoms with E-state index >= 15 is 0 Å². The fourth-order valence-corrected chi connectivity index (χ4v) is 3.11. The van der Waals surface area contributed by atoms with Gasteiger partial charge >= 0.3 is 0 Å². The van der Waals surface area contributed by atoms with Crippen molar-refractivity contribution < 1.29 is 13.0 Å². The minimum atomic E-state index is -4.18. The third kappa shape index (κ3) is 2.46. The summed E-state index contributed by atoms with van der Waals surface area (Å²) >= 11 is 0. The Balaban J connectivity index is 2.28. The summed E-state index contributed by atoms with van der Waals surface area (Å²) in [6.07, 6.45) is 0. The van der Waals surface area contributed by atoms with Crippen LogP contribution in [-0.2, 0) is 16.7 Å². The van der Waals surface area contributed by atoms with Crippen molar-refractivity contribution in [3.63, 3.8) is 0 Å². The molecule has 0 saturated carbocycles. The van der Waals surface area contributed by atoms with Gasteiger partial charge in [0, 0.05) is 23.1 Å². The van der Waals surface area contributed by atoms with Crippen molar-refractivity contribution in [2.24, 2.45) is 0 Å². The molecular formula is C16H15NO3S. The molecule has 0 fully saturated rings. The van der Waals surface area contributed by atoms with Gasteiger partial charge in [0.05, 0.1) is 4.90 Å². The van der Waals surface area contributed by atoms with Gasteiger partial charge in [0.1, 0.15) is 0 Å². The second-order valence-corrected chi connectivity index (χ2v) is 6.26. The van der Waals surface area contributed by atoms with Gasteiger partial charge in [-0.1, -0.05) is 30.3 Å². The fraction of sp³-hybridized carbons (Fsp3) is 0.125. The number of hydrogen-bond donors (Lipinski definition) is 1. The van der Waals surface area contributed by atoms with Crippen LogP contribution in [0.25, 0.3) is 22.2 Å². The lowest BCUT2D eigenvalue weighted by Crippen LogP contribution is -1.99. The van der Waals surface area contributed by atoms with Crippen molar-refractivity contribution in [2.75, 3.05) is 0 Å². The molecule has 5 heteroatoms. The van der Waals surface area contributed by atoms with Crippen LogP contribution in [0.15, 0.2) is 59.5 Å². The summed E-state index contributed by atoms with van der Waals surface area (Å²) < 4.78 is 33.8. The average Bonchev–Trinajstić information content (AvgIpc) is 2.84. The third-order valence-electron chi connectivity index (χ3n) is 3.56. The van der Waals surface area contributed by atoms with Crippen molar-refractivity contribution >= 4 is 21.0 Å². The van der Waals surface area contributed by atoms with Crippen molar-refractivity contribution in [1.82, 2.24) is 4.57 Å². The van der Waals surface area contributed by atoms with Gasteiger partial charge in [-0.15, -0.1) is 0 Å². The highest BCUT2D eigenvalue weighted by Crippen LogP contribution is 2.29. The van der Waals surface area contributed by atoms with Crippen molar-refractivity contribution in [1.29, 1.82) is 0 Å². The highest BCUT2D eigenvalue weighted by molar-refractivity contribution is 7.85. The van der Waals surface area contributed by atoms with Crippen LogP contribution in [0.3, 0.4) is 0 Å². The SMILES string of the molecule is CCn1c(-c2ccccc2)cc2cc(S(=O)(=O)O)ccc21. The number of benzene rings is 2. The molecule has 1 aromatic heterocycles. The minimum Gasteiger partial charge on any atom is -0.341 e. The Kier molecular flexibility index (Phi) is 3.31. The summed E-state index contributed by atoms with van der Waals surface area (Å²) in [5, 5.41) is 0.797. The molecule has 108 valence electrons. The second-order valence-electron chi connectivity index (χ2n) is 4.84. The van der Waals surface area contributed by atoms with Crippen molar-refractivity contribution in [3.8, 4) is 11.3 Å². The van der Waals surface area contributed by atoms with E-state index < -0.39 is 10.1 Å². The molecule has 0 radical (unpaired) electrons. The van der Waals surface area contributed by atoms with E-state index in [0.717, 1.165) is 28.7 Å². The van der Waals surface area contributed by atoms with E-state index in [-0.39, 0.29) is 4.90 Å². The highest BCUT2D eigenvalue weighted by Gasteiger charge is 2.14. The minimum absolute atomic E-state index is 0.0807. The molecule has 0 unspecified atom stereocenters. The van der Waals surface area contributed by atoms with Crippen LogP contribution in [0.1, 0.15) is 6.92 Å². The molecule has 0 bridgehead atoms. The summed E-state index contributed by atoms with van der Waals surface area (Å²) in [6, 6.07) is 16.5. The maximum atomic E-state index is 11.3. The van der Waals surface area contributed by atoms with Crippen LogP contribution < -0.4 is 0 Å². The van der Waals surface area contributed by atoms with Crippen LogP contribution in [0, 0.1) is 0 Å². The Morgan fingerprint density at radius 2 is 1.76 bits per heavy atom. The van der Waals surface area contributed by atoms with Gasteiger partial charge in [-0.2, -0.15) is 8.42 Å². The van der Waals surface area contributed by atoms with Gasteiger partial charge in [-0.3, -0.25) is 4.55 Å².